The maximum absolute atomic E-state index is 4.28. The van der Waals surface area contributed by atoms with Crippen molar-refractivity contribution < 1.29 is 0 Å². The second-order valence-corrected chi connectivity index (χ2v) is 9.29. The van der Waals surface area contributed by atoms with Gasteiger partial charge in [-0.05, 0) is 66.0 Å². The van der Waals surface area contributed by atoms with Gasteiger partial charge in [-0.3, -0.25) is 0 Å². The predicted molar refractivity (Wildman–Crippen MR) is 106 cm³/mol. The summed E-state index contributed by atoms with van der Waals surface area (Å²) < 4.78 is 0.772. The first kappa shape index (κ1) is 20.1. The van der Waals surface area contributed by atoms with Gasteiger partial charge in [0.25, 0.3) is 0 Å². The average molecular weight is 363 g/mol. The van der Waals surface area contributed by atoms with Crippen LogP contribution in [0.3, 0.4) is 0 Å². The normalized spacial score (nSPS) is 11.3. The van der Waals surface area contributed by atoms with Crippen molar-refractivity contribution in [2.75, 3.05) is 40.3 Å². The Balaban J connectivity index is 3.60. The Kier molecular flexibility index (Phi) is 19.2. The van der Waals surface area contributed by atoms with E-state index < -0.39 is 0 Å². The third-order valence-electron chi connectivity index (χ3n) is 2.16. The lowest BCUT2D eigenvalue weighted by molar-refractivity contribution is 1.04. The van der Waals surface area contributed by atoms with E-state index in [-0.39, 0.29) is 0 Å². The van der Waals surface area contributed by atoms with Crippen LogP contribution in [0.15, 0.2) is 0 Å². The molecule has 0 heterocycles. The van der Waals surface area contributed by atoms with E-state index in [1.54, 1.807) is 0 Å². The first-order valence-electron chi connectivity index (χ1n) is 6.48. The standard InChI is InChI=1S/C12H26S6/c13-5-1-8-16-11-4-12(17-9-2-6-14)18-10-3-7-15/h12-15H,1-11H2. The molecular weight excluding hydrogens is 337 g/mol. The number of hydrogen-bond acceptors (Lipinski definition) is 6. The molecule has 0 aromatic carbocycles. The summed E-state index contributed by atoms with van der Waals surface area (Å²) in [6, 6.07) is 0. The molecule has 0 atom stereocenters. The highest BCUT2D eigenvalue weighted by Gasteiger charge is 2.09. The van der Waals surface area contributed by atoms with E-state index in [1.165, 1.54) is 48.7 Å². The Morgan fingerprint density at radius 2 is 1.17 bits per heavy atom. The summed E-state index contributed by atoms with van der Waals surface area (Å²) >= 11 is 19.1. The Labute approximate surface area is 143 Å². The molecule has 0 N–H and O–H groups in total. The van der Waals surface area contributed by atoms with Crippen molar-refractivity contribution in [3.05, 3.63) is 0 Å². The van der Waals surface area contributed by atoms with E-state index in [0.29, 0.717) is 0 Å². The van der Waals surface area contributed by atoms with Gasteiger partial charge >= 0.3 is 0 Å². The van der Waals surface area contributed by atoms with E-state index >= 15 is 0 Å². The molecule has 0 aliphatic rings. The van der Waals surface area contributed by atoms with Gasteiger partial charge in [-0.25, -0.2) is 0 Å². The van der Waals surface area contributed by atoms with E-state index in [4.69, 9.17) is 0 Å². The molecule has 6 heteroatoms. The first-order valence-corrected chi connectivity index (χ1v) is 11.6. The molecule has 0 saturated heterocycles. The summed E-state index contributed by atoms with van der Waals surface area (Å²) in [6.45, 7) is 0. The second-order valence-electron chi connectivity index (χ2n) is 3.80. The zero-order valence-corrected chi connectivity index (χ0v) is 16.1. The molecule has 18 heavy (non-hydrogen) atoms. The zero-order chi connectivity index (χ0) is 13.5. The van der Waals surface area contributed by atoms with Crippen LogP contribution < -0.4 is 0 Å². The molecule has 0 aromatic heterocycles. The van der Waals surface area contributed by atoms with E-state index in [0.717, 1.165) is 21.8 Å². The van der Waals surface area contributed by atoms with Crippen molar-refractivity contribution >= 4 is 73.2 Å². The van der Waals surface area contributed by atoms with Crippen molar-refractivity contribution in [3.63, 3.8) is 0 Å². The summed E-state index contributed by atoms with van der Waals surface area (Å²) in [5.74, 6) is 8.10. The van der Waals surface area contributed by atoms with Crippen LogP contribution in [-0.4, -0.2) is 44.9 Å². The van der Waals surface area contributed by atoms with Gasteiger partial charge in [0.1, 0.15) is 0 Å². The Hall–Kier alpha value is 2.10. The Bertz CT molecular complexity index is 146. The fourth-order valence-corrected chi connectivity index (χ4v) is 6.27. The molecule has 0 aliphatic carbocycles. The van der Waals surface area contributed by atoms with Gasteiger partial charge in [-0.2, -0.15) is 49.6 Å². The van der Waals surface area contributed by atoms with Crippen LogP contribution in [0.2, 0.25) is 0 Å². The van der Waals surface area contributed by atoms with Gasteiger partial charge in [-0.1, -0.05) is 0 Å². The minimum atomic E-state index is 0.772. The Morgan fingerprint density at radius 1 is 0.667 bits per heavy atom. The molecular formula is C12H26S6. The van der Waals surface area contributed by atoms with Crippen molar-refractivity contribution in [1.29, 1.82) is 0 Å². The van der Waals surface area contributed by atoms with E-state index in [2.05, 4.69) is 73.2 Å². The highest BCUT2D eigenvalue weighted by atomic mass is 32.2. The van der Waals surface area contributed by atoms with E-state index in [1.807, 2.05) is 0 Å². The van der Waals surface area contributed by atoms with Crippen LogP contribution >= 0.6 is 73.2 Å². The van der Waals surface area contributed by atoms with Crippen molar-refractivity contribution in [2.24, 2.45) is 0 Å². The van der Waals surface area contributed by atoms with Crippen LogP contribution in [0.5, 0.6) is 0 Å². The highest BCUT2D eigenvalue weighted by Crippen LogP contribution is 2.29. The second kappa shape index (κ2) is 17.2. The molecule has 0 rings (SSSR count). The smallest absolute Gasteiger partial charge is 0.0510 e. The van der Waals surface area contributed by atoms with Crippen LogP contribution in [0.25, 0.3) is 0 Å². The molecule has 0 spiro atoms. The fourth-order valence-electron chi connectivity index (χ4n) is 1.22. The lowest BCUT2D eigenvalue weighted by Gasteiger charge is -2.15. The molecule has 0 fully saturated rings. The van der Waals surface area contributed by atoms with Gasteiger partial charge in [0.15, 0.2) is 0 Å². The average Bonchev–Trinajstić information content (AvgIpc) is 2.38. The summed E-state index contributed by atoms with van der Waals surface area (Å²) in [5, 5.41) is 0. The van der Waals surface area contributed by atoms with Gasteiger partial charge in [-0.15, -0.1) is 23.5 Å². The predicted octanol–water partition coefficient (Wildman–Crippen LogP) is 4.86. The summed E-state index contributed by atoms with van der Waals surface area (Å²) in [4.78, 5) is 0. The monoisotopic (exact) mass is 362 g/mol. The molecule has 0 nitrogen and oxygen atoms in total. The van der Waals surface area contributed by atoms with Crippen LogP contribution in [0.1, 0.15) is 25.7 Å². The molecule has 0 unspecified atom stereocenters. The van der Waals surface area contributed by atoms with Crippen LogP contribution in [-0.2, 0) is 0 Å². The van der Waals surface area contributed by atoms with Crippen molar-refractivity contribution in [2.45, 2.75) is 30.3 Å². The maximum Gasteiger partial charge on any atom is 0.0510 e. The molecule has 0 amide bonds. The Morgan fingerprint density at radius 3 is 1.67 bits per heavy atom. The van der Waals surface area contributed by atoms with Crippen LogP contribution in [0.4, 0.5) is 0 Å². The molecule has 0 bridgehead atoms. The first-order chi connectivity index (χ1) is 8.85. The number of thiol groups is 3. The van der Waals surface area contributed by atoms with Gasteiger partial charge in [0.05, 0.1) is 4.58 Å². The van der Waals surface area contributed by atoms with Gasteiger partial charge in [0, 0.05) is 0 Å². The largest absolute Gasteiger partial charge is 0.179 e. The molecule has 0 aromatic rings. The lowest BCUT2D eigenvalue weighted by Crippen LogP contribution is -2.03. The summed E-state index contributed by atoms with van der Waals surface area (Å²) in [5.41, 5.74) is 0. The fraction of sp³-hybridized carbons (Fsp3) is 1.00. The van der Waals surface area contributed by atoms with E-state index in [9.17, 15) is 0 Å². The topological polar surface area (TPSA) is 0 Å². The SMILES string of the molecule is SCCCSCCC(SCCCS)SCCCS. The molecule has 110 valence electrons. The molecule has 0 radical (unpaired) electrons. The van der Waals surface area contributed by atoms with Gasteiger partial charge < -0.3 is 0 Å². The number of thioether (sulfide) groups is 3. The van der Waals surface area contributed by atoms with Crippen molar-refractivity contribution in [1.82, 2.24) is 0 Å². The zero-order valence-electron chi connectivity index (χ0n) is 10.9. The molecule has 0 saturated carbocycles. The third kappa shape index (κ3) is 14.5. The number of rotatable bonds is 14. The third-order valence-corrected chi connectivity index (χ3v) is 7.29. The van der Waals surface area contributed by atoms with Crippen molar-refractivity contribution in [3.8, 4) is 0 Å². The molecule has 0 aliphatic heterocycles. The minimum Gasteiger partial charge on any atom is -0.179 e. The quantitative estimate of drug-likeness (QED) is 0.229. The number of hydrogen-bond donors (Lipinski definition) is 3. The summed E-state index contributed by atoms with van der Waals surface area (Å²) in [6.07, 6.45) is 5.01. The lowest BCUT2D eigenvalue weighted by atomic mass is 10.5. The minimum absolute atomic E-state index is 0.772. The summed E-state index contributed by atoms with van der Waals surface area (Å²) in [7, 11) is 0. The van der Waals surface area contributed by atoms with Gasteiger partial charge in [0.2, 0.25) is 0 Å². The van der Waals surface area contributed by atoms with Crippen LogP contribution in [0, 0.1) is 0 Å². The maximum atomic E-state index is 4.28. The highest BCUT2D eigenvalue weighted by molar-refractivity contribution is 8.17.